The molecule has 5 rings (SSSR count). The monoisotopic (exact) mass is 691 g/mol. The van der Waals surface area contributed by atoms with Gasteiger partial charge in [-0.25, -0.2) is 4.79 Å². The first-order chi connectivity index (χ1) is 19.0. The fourth-order valence-electron chi connectivity index (χ4n) is 6.03. The predicted octanol–water partition coefficient (Wildman–Crippen LogP) is 7.82. The average molecular weight is 694 g/mol. The molecule has 1 aromatic heterocycles. The van der Waals surface area contributed by atoms with Gasteiger partial charge in [0.05, 0.1) is 5.69 Å². The molecule has 6 nitrogen and oxygen atoms in total. The number of nitrogens with zero attached hydrogens (tertiary/aromatic N) is 3. The molecule has 0 atom stereocenters. The second kappa shape index (κ2) is 12.1. The van der Waals surface area contributed by atoms with Crippen LogP contribution in [0.25, 0.3) is 5.57 Å². The Balaban J connectivity index is 1.28. The summed E-state index contributed by atoms with van der Waals surface area (Å²) in [5.74, 6) is 0.520. The molecule has 0 saturated carbocycles. The maximum atomic E-state index is 13.3. The van der Waals surface area contributed by atoms with Gasteiger partial charge in [0.25, 0.3) is 0 Å². The highest BCUT2D eigenvalue weighted by Crippen LogP contribution is 2.42. The van der Waals surface area contributed by atoms with Crippen LogP contribution in [0, 0.1) is 5.92 Å². The van der Waals surface area contributed by atoms with Gasteiger partial charge in [-0.15, -0.1) is 0 Å². The van der Waals surface area contributed by atoms with Crippen molar-refractivity contribution >= 4 is 61.0 Å². The van der Waals surface area contributed by atoms with Crippen molar-refractivity contribution in [3.63, 3.8) is 0 Å². The van der Waals surface area contributed by atoms with Crippen LogP contribution in [0.2, 0.25) is 5.02 Å². The highest BCUT2D eigenvalue weighted by Gasteiger charge is 2.31. The molecule has 40 heavy (non-hydrogen) atoms. The van der Waals surface area contributed by atoms with Gasteiger partial charge in [0.1, 0.15) is 5.60 Å². The summed E-state index contributed by atoms with van der Waals surface area (Å²) in [5, 5.41) is 0.729. The van der Waals surface area contributed by atoms with Gasteiger partial charge in [-0.2, -0.15) is 0 Å². The first-order valence-corrected chi connectivity index (χ1v) is 16.1. The zero-order valence-corrected chi connectivity index (χ0v) is 27.3. The number of benzene rings is 1. The number of hydrogen-bond acceptors (Lipinski definition) is 4. The number of fused-ring (bicyclic) bond motifs is 2. The van der Waals surface area contributed by atoms with Gasteiger partial charge in [-0.1, -0.05) is 33.1 Å². The van der Waals surface area contributed by atoms with Gasteiger partial charge < -0.3 is 14.5 Å². The van der Waals surface area contributed by atoms with Gasteiger partial charge >= 0.3 is 6.09 Å². The van der Waals surface area contributed by atoms with Crippen molar-refractivity contribution in [3.05, 3.63) is 66.3 Å². The molecule has 0 spiro atoms. The molecule has 3 aliphatic rings. The summed E-state index contributed by atoms with van der Waals surface area (Å²) < 4.78 is 7.49. The van der Waals surface area contributed by atoms with Crippen LogP contribution < -0.4 is 0 Å². The van der Waals surface area contributed by atoms with Crippen LogP contribution in [0.1, 0.15) is 75.3 Å². The Morgan fingerprint density at radius 3 is 2.33 bits per heavy atom. The lowest BCUT2D eigenvalue weighted by Gasteiger charge is -2.35. The molecule has 9 heteroatoms. The van der Waals surface area contributed by atoms with E-state index in [-0.39, 0.29) is 12.0 Å². The molecule has 2 aliphatic heterocycles. The number of likely N-dealkylation sites (tertiary alicyclic amines) is 2. The molecule has 2 amide bonds. The van der Waals surface area contributed by atoms with Crippen molar-refractivity contribution in [3.8, 4) is 0 Å². The first kappa shape index (κ1) is 29.6. The summed E-state index contributed by atoms with van der Waals surface area (Å²) in [6, 6.07) is 6.23. The lowest BCUT2D eigenvalue weighted by atomic mass is 9.88. The maximum absolute atomic E-state index is 13.3. The van der Waals surface area contributed by atoms with Crippen LogP contribution in [-0.2, 0) is 22.4 Å². The summed E-state index contributed by atoms with van der Waals surface area (Å²) in [7, 11) is 0. The molecule has 0 bridgehead atoms. The van der Waals surface area contributed by atoms with Crippen LogP contribution in [0.3, 0.4) is 0 Å². The second-order valence-corrected chi connectivity index (χ2v) is 14.3. The molecule has 1 aliphatic carbocycles. The zero-order valence-electron chi connectivity index (χ0n) is 23.4. The standard InChI is InChI=1S/C31H36Br2ClN3O3/c1-31(2,3)40-30(39)37-10-6-19(7-11-37)14-26(38)36-12-8-20(9-13-36)28-27-21(16-24(34)17-25(27)33)4-5-22-15-23(32)18-35-29(22)28/h15-19H,4-14H2,1-3H3. The summed E-state index contributed by atoms with van der Waals surface area (Å²) in [4.78, 5) is 34.4. The van der Waals surface area contributed by atoms with Crippen molar-refractivity contribution in [1.82, 2.24) is 14.8 Å². The Bertz CT molecular complexity index is 1340. The minimum atomic E-state index is -0.497. The number of carbonyl (C=O) groups excluding carboxylic acids is 2. The molecule has 0 radical (unpaired) electrons. The smallest absolute Gasteiger partial charge is 0.410 e. The number of aromatic nitrogens is 1. The molecule has 2 fully saturated rings. The Morgan fingerprint density at radius 1 is 0.975 bits per heavy atom. The summed E-state index contributed by atoms with van der Waals surface area (Å²) in [5.41, 5.74) is 6.72. The third kappa shape index (κ3) is 6.76. The fourth-order valence-corrected chi connectivity index (χ4v) is 7.48. The zero-order chi connectivity index (χ0) is 28.6. The highest BCUT2D eigenvalue weighted by atomic mass is 79.9. The molecular weight excluding hydrogens is 658 g/mol. The van der Waals surface area contributed by atoms with E-state index in [4.69, 9.17) is 21.3 Å². The normalized spacial score (nSPS) is 18.2. The molecule has 1 aromatic carbocycles. The van der Waals surface area contributed by atoms with Crippen LogP contribution in [0.15, 0.2) is 38.9 Å². The van der Waals surface area contributed by atoms with Crippen molar-refractivity contribution in [2.24, 2.45) is 5.92 Å². The van der Waals surface area contributed by atoms with Crippen molar-refractivity contribution in [2.45, 2.75) is 71.3 Å². The number of rotatable bonds is 2. The van der Waals surface area contributed by atoms with E-state index in [9.17, 15) is 9.59 Å². The van der Waals surface area contributed by atoms with Gasteiger partial charge in [-0.3, -0.25) is 9.78 Å². The van der Waals surface area contributed by atoms with Gasteiger partial charge in [0, 0.05) is 63.9 Å². The predicted molar refractivity (Wildman–Crippen MR) is 165 cm³/mol. The Kier molecular flexibility index (Phi) is 8.98. The average Bonchev–Trinajstić information content (AvgIpc) is 3.05. The van der Waals surface area contributed by atoms with Crippen LogP contribution >= 0.6 is 43.5 Å². The van der Waals surface area contributed by atoms with Crippen molar-refractivity contribution in [2.75, 3.05) is 26.2 Å². The SMILES string of the molecule is CC(C)(C)OC(=O)N1CCC(CC(=O)N2CCC(=C3c4ncc(Br)cc4CCc4cc(Cl)cc(Br)c43)CC2)CC1. The quantitative estimate of drug-likeness (QED) is 0.322. The minimum Gasteiger partial charge on any atom is -0.444 e. The van der Waals surface area contributed by atoms with Gasteiger partial charge in [-0.05, 0) is 110 Å². The molecule has 214 valence electrons. The number of hydrogen-bond donors (Lipinski definition) is 0. The number of aryl methyl sites for hydroxylation is 2. The highest BCUT2D eigenvalue weighted by molar-refractivity contribution is 9.10. The third-order valence-corrected chi connectivity index (χ3v) is 9.30. The molecule has 2 saturated heterocycles. The largest absolute Gasteiger partial charge is 0.444 e. The van der Waals surface area contributed by atoms with Crippen LogP contribution in [-0.4, -0.2) is 58.6 Å². The molecule has 3 heterocycles. The Morgan fingerprint density at radius 2 is 1.65 bits per heavy atom. The van der Waals surface area contributed by atoms with Gasteiger partial charge in [0.15, 0.2) is 0 Å². The molecule has 2 aromatic rings. The molecular formula is C31H36Br2ClN3O3. The van der Waals surface area contributed by atoms with E-state index >= 15 is 0 Å². The number of amides is 2. The lowest BCUT2D eigenvalue weighted by molar-refractivity contribution is -0.133. The van der Waals surface area contributed by atoms with Gasteiger partial charge in [0.2, 0.25) is 5.91 Å². The number of piperidine rings is 2. The summed E-state index contributed by atoms with van der Waals surface area (Å²) >= 11 is 13.9. The van der Waals surface area contributed by atoms with Crippen LogP contribution in [0.4, 0.5) is 4.79 Å². The Labute approximate surface area is 258 Å². The van der Waals surface area contributed by atoms with Crippen molar-refractivity contribution in [1.29, 1.82) is 0 Å². The van der Waals surface area contributed by atoms with Crippen molar-refractivity contribution < 1.29 is 14.3 Å². The fraction of sp³-hybridized carbons (Fsp3) is 0.516. The summed E-state index contributed by atoms with van der Waals surface area (Å²) in [6.07, 6.45) is 7.27. The third-order valence-electron chi connectivity index (χ3n) is 8.02. The summed E-state index contributed by atoms with van der Waals surface area (Å²) in [6.45, 7) is 8.35. The van der Waals surface area contributed by atoms with E-state index in [1.165, 1.54) is 27.8 Å². The van der Waals surface area contributed by atoms with E-state index in [0.29, 0.717) is 38.5 Å². The molecule has 0 unspecified atom stereocenters. The number of ether oxygens (including phenoxy) is 1. The van der Waals surface area contributed by atoms with E-state index in [1.807, 2.05) is 37.9 Å². The lowest BCUT2D eigenvalue weighted by Crippen LogP contribution is -2.43. The topological polar surface area (TPSA) is 62.7 Å². The maximum Gasteiger partial charge on any atom is 0.410 e. The number of halogens is 3. The van der Waals surface area contributed by atoms with E-state index in [0.717, 1.165) is 58.2 Å². The van der Waals surface area contributed by atoms with E-state index in [2.05, 4.69) is 44.0 Å². The molecule has 0 N–H and O–H groups in total. The van der Waals surface area contributed by atoms with Crippen LogP contribution in [0.5, 0.6) is 0 Å². The minimum absolute atomic E-state index is 0.219. The van der Waals surface area contributed by atoms with E-state index < -0.39 is 5.60 Å². The first-order valence-electron chi connectivity index (χ1n) is 14.1. The Hall–Kier alpha value is -1.90. The van der Waals surface area contributed by atoms with E-state index in [1.54, 1.807) is 4.90 Å². The second-order valence-electron chi connectivity index (χ2n) is 12.1. The number of carbonyl (C=O) groups is 2. The number of pyridine rings is 1.